The van der Waals surface area contributed by atoms with Gasteiger partial charge >= 0.3 is 0 Å². The molecule has 1 saturated heterocycles. The van der Waals surface area contributed by atoms with Crippen LogP contribution in [0.2, 0.25) is 0 Å². The summed E-state index contributed by atoms with van der Waals surface area (Å²) in [6.45, 7) is 0.335. The monoisotopic (exact) mass is 389 g/mol. The molecule has 2 aromatic heterocycles. The van der Waals surface area contributed by atoms with E-state index < -0.39 is 33.1 Å². The van der Waals surface area contributed by atoms with Crippen molar-refractivity contribution in [3.8, 4) is 0 Å². The average Bonchev–Trinajstić information content (AvgIpc) is 3.28. The highest BCUT2D eigenvalue weighted by Crippen LogP contribution is 2.47. The molecule has 1 aliphatic carbocycles. The van der Waals surface area contributed by atoms with Gasteiger partial charge in [0.05, 0.1) is 5.39 Å². The van der Waals surface area contributed by atoms with Crippen LogP contribution in [0.1, 0.15) is 24.6 Å². The highest BCUT2D eigenvalue weighted by Gasteiger charge is 2.53. The number of sulfone groups is 1. The molecule has 142 valence electrons. The van der Waals surface area contributed by atoms with Crippen LogP contribution in [0.15, 0.2) is 12.3 Å². The molecule has 4 N–H and O–H groups in total. The van der Waals surface area contributed by atoms with Crippen LogP contribution in [-0.4, -0.2) is 47.2 Å². The van der Waals surface area contributed by atoms with Gasteiger partial charge in [0.1, 0.15) is 22.7 Å². The number of nitrogens with one attached hydrogen (secondary N) is 2. The van der Waals surface area contributed by atoms with Gasteiger partial charge in [-0.1, -0.05) is 0 Å². The van der Waals surface area contributed by atoms with Crippen molar-refractivity contribution in [2.24, 2.45) is 11.8 Å². The molecular formula is C15H18F3N5O2S. The highest BCUT2D eigenvalue weighted by atomic mass is 32.2. The van der Waals surface area contributed by atoms with Crippen molar-refractivity contribution in [3.05, 3.63) is 18.1 Å². The predicted molar refractivity (Wildman–Crippen MR) is 88.9 cm³/mol. The van der Waals surface area contributed by atoms with Gasteiger partial charge in [0, 0.05) is 12.1 Å². The van der Waals surface area contributed by atoms with Crippen LogP contribution in [0.4, 0.5) is 19.0 Å². The summed E-state index contributed by atoms with van der Waals surface area (Å²) in [5, 5.41) is 2.10. The number of hydrogen-bond donors (Lipinski definition) is 3. The van der Waals surface area contributed by atoms with E-state index in [9.17, 15) is 21.6 Å². The van der Waals surface area contributed by atoms with Gasteiger partial charge in [-0.15, -0.1) is 0 Å². The number of hydrogen-bond acceptors (Lipinski definition) is 6. The van der Waals surface area contributed by atoms with Crippen molar-refractivity contribution in [3.63, 3.8) is 0 Å². The maximum absolute atomic E-state index is 13.6. The Morgan fingerprint density at radius 2 is 2.00 bits per heavy atom. The summed E-state index contributed by atoms with van der Waals surface area (Å²) in [5.74, 6) is 0.158. The van der Waals surface area contributed by atoms with Gasteiger partial charge in [-0.3, -0.25) is 0 Å². The lowest BCUT2D eigenvalue weighted by Gasteiger charge is -2.21. The summed E-state index contributed by atoms with van der Waals surface area (Å²) < 4.78 is 63.2. The molecular weight excluding hydrogens is 371 g/mol. The molecule has 4 rings (SSSR count). The number of nitrogen functional groups attached to an aromatic ring is 1. The number of aromatic amines is 1. The summed E-state index contributed by atoms with van der Waals surface area (Å²) in [4.78, 5) is 11.7. The lowest BCUT2D eigenvalue weighted by molar-refractivity contribution is 0.0892. The average molecular weight is 389 g/mol. The third kappa shape index (κ3) is 2.64. The summed E-state index contributed by atoms with van der Waals surface area (Å²) >= 11 is 0. The Balaban J connectivity index is 1.59. The van der Waals surface area contributed by atoms with Gasteiger partial charge in [-0.2, -0.15) is 0 Å². The first-order valence-corrected chi connectivity index (χ1v) is 9.88. The highest BCUT2D eigenvalue weighted by molar-refractivity contribution is 7.92. The Morgan fingerprint density at radius 3 is 2.73 bits per heavy atom. The molecule has 26 heavy (non-hydrogen) atoms. The normalized spacial score (nSPS) is 30.2. The number of aromatic nitrogens is 3. The number of alkyl halides is 3. The van der Waals surface area contributed by atoms with E-state index in [0.717, 1.165) is 0 Å². The van der Waals surface area contributed by atoms with Crippen LogP contribution < -0.4 is 11.1 Å². The summed E-state index contributed by atoms with van der Waals surface area (Å²) in [6.07, 6.45) is -0.887. The Labute approximate surface area is 147 Å². The molecule has 5 unspecified atom stereocenters. The number of anilines is 1. The van der Waals surface area contributed by atoms with Gasteiger partial charge in [-0.05, 0) is 37.3 Å². The van der Waals surface area contributed by atoms with Gasteiger partial charge < -0.3 is 16.0 Å². The van der Waals surface area contributed by atoms with E-state index in [1.807, 2.05) is 0 Å². The molecule has 2 aliphatic rings. The molecule has 5 atom stereocenters. The van der Waals surface area contributed by atoms with E-state index in [-0.39, 0.29) is 11.8 Å². The minimum atomic E-state index is -4.63. The van der Waals surface area contributed by atoms with E-state index in [1.54, 1.807) is 12.3 Å². The minimum Gasteiger partial charge on any atom is -0.383 e. The Kier molecular flexibility index (Phi) is 4.10. The summed E-state index contributed by atoms with van der Waals surface area (Å²) in [5.41, 5.74) is 3.35. The Bertz CT molecular complexity index is 935. The molecule has 0 radical (unpaired) electrons. The van der Waals surface area contributed by atoms with Crippen molar-refractivity contribution in [1.82, 2.24) is 20.3 Å². The molecule has 0 bridgehead atoms. The maximum atomic E-state index is 13.6. The second kappa shape index (κ2) is 6.08. The second-order valence-electron chi connectivity index (χ2n) is 6.90. The number of rotatable bonds is 4. The van der Waals surface area contributed by atoms with Crippen LogP contribution in [0, 0.1) is 11.8 Å². The van der Waals surface area contributed by atoms with E-state index >= 15 is 0 Å². The van der Waals surface area contributed by atoms with E-state index in [4.69, 9.17) is 5.73 Å². The first-order chi connectivity index (χ1) is 12.3. The zero-order valence-electron chi connectivity index (χ0n) is 13.6. The molecule has 1 aliphatic heterocycles. The van der Waals surface area contributed by atoms with Gasteiger partial charge in [0.25, 0.3) is 11.9 Å². The molecule has 0 spiro atoms. The number of nitrogens with zero attached hydrogens (tertiary/aromatic N) is 2. The summed E-state index contributed by atoms with van der Waals surface area (Å²) in [7, 11) is -4.63. The largest absolute Gasteiger partial charge is 0.383 e. The SMILES string of the molecule is Nc1nc(C2CC3CNC(S(=O)(=O)C(F)C(F)F)C3C2)nc2[nH]ccc12. The third-order valence-corrected chi connectivity index (χ3v) is 7.47. The van der Waals surface area contributed by atoms with Crippen molar-refractivity contribution in [2.45, 2.75) is 36.1 Å². The molecule has 2 aromatic rings. The smallest absolute Gasteiger partial charge is 0.283 e. The standard InChI is InChI=1S/C15H18F3N5O2S/c16-10(17)11(18)26(24,25)15-9-4-6(3-7(9)5-21-15)13-22-12(19)8-1-2-20-14(8)23-13/h1-2,6-7,9-11,15,21H,3-5H2,(H3,19,20,22,23). The predicted octanol–water partition coefficient (Wildman–Crippen LogP) is 1.55. The molecule has 7 nitrogen and oxygen atoms in total. The van der Waals surface area contributed by atoms with Crippen molar-refractivity contribution in [2.75, 3.05) is 12.3 Å². The third-order valence-electron chi connectivity index (χ3n) is 5.41. The van der Waals surface area contributed by atoms with Crippen molar-refractivity contribution < 1.29 is 21.6 Å². The van der Waals surface area contributed by atoms with Crippen LogP contribution in [-0.2, 0) is 9.84 Å². The van der Waals surface area contributed by atoms with Crippen molar-refractivity contribution >= 4 is 26.7 Å². The Morgan fingerprint density at radius 1 is 1.23 bits per heavy atom. The Hall–Kier alpha value is -1.88. The molecule has 0 amide bonds. The molecule has 0 aromatic carbocycles. The number of fused-ring (bicyclic) bond motifs is 2. The van der Waals surface area contributed by atoms with Crippen LogP contribution in [0.3, 0.4) is 0 Å². The number of H-pyrrole nitrogens is 1. The zero-order chi connectivity index (χ0) is 18.6. The lowest BCUT2D eigenvalue weighted by atomic mass is 10.0. The van der Waals surface area contributed by atoms with E-state index in [2.05, 4.69) is 20.3 Å². The minimum absolute atomic E-state index is 0.0613. The first-order valence-electron chi connectivity index (χ1n) is 8.28. The summed E-state index contributed by atoms with van der Waals surface area (Å²) in [6, 6.07) is 1.76. The fraction of sp³-hybridized carbons (Fsp3) is 0.600. The van der Waals surface area contributed by atoms with E-state index in [0.29, 0.717) is 42.1 Å². The van der Waals surface area contributed by atoms with Crippen LogP contribution >= 0.6 is 0 Å². The zero-order valence-corrected chi connectivity index (χ0v) is 14.4. The van der Waals surface area contributed by atoms with Gasteiger partial charge in [-0.25, -0.2) is 31.6 Å². The fourth-order valence-electron chi connectivity index (χ4n) is 4.20. The number of halogens is 3. The van der Waals surface area contributed by atoms with Crippen molar-refractivity contribution in [1.29, 1.82) is 0 Å². The maximum Gasteiger partial charge on any atom is 0.283 e. The van der Waals surface area contributed by atoms with Gasteiger partial charge in [0.2, 0.25) is 9.84 Å². The molecule has 3 heterocycles. The molecule has 1 saturated carbocycles. The molecule has 2 fully saturated rings. The van der Waals surface area contributed by atoms with Gasteiger partial charge in [0.15, 0.2) is 0 Å². The topological polar surface area (TPSA) is 114 Å². The van der Waals surface area contributed by atoms with Crippen LogP contribution in [0.25, 0.3) is 11.0 Å². The second-order valence-corrected chi connectivity index (χ2v) is 9.04. The van der Waals surface area contributed by atoms with Crippen LogP contribution in [0.5, 0.6) is 0 Å². The lowest BCUT2D eigenvalue weighted by Crippen LogP contribution is -2.42. The molecule has 11 heteroatoms. The number of nitrogens with two attached hydrogens (primary N) is 1. The quantitative estimate of drug-likeness (QED) is 0.731. The first kappa shape index (κ1) is 17.5. The fourth-order valence-corrected chi connectivity index (χ4v) is 5.92. The van der Waals surface area contributed by atoms with E-state index in [1.165, 1.54) is 0 Å².